The molecule has 2 aromatic rings. The summed E-state index contributed by atoms with van der Waals surface area (Å²) in [5, 5.41) is 9.62. The van der Waals surface area contributed by atoms with E-state index in [1.165, 1.54) is 18.4 Å². The highest BCUT2D eigenvalue weighted by Crippen LogP contribution is 2.50. The Balaban J connectivity index is 2.29. The lowest BCUT2D eigenvalue weighted by Gasteiger charge is -2.25. The number of nitrogens with two attached hydrogens (primary N) is 1. The fraction of sp³-hybridized carbons (Fsp3) is 0.222. The number of ether oxygens (including phenoxy) is 3. The third-order valence-corrected chi connectivity index (χ3v) is 5.21. The second-order valence-electron chi connectivity index (χ2n) is 5.38. The van der Waals surface area contributed by atoms with Crippen LogP contribution in [-0.4, -0.2) is 20.2 Å². The summed E-state index contributed by atoms with van der Waals surface area (Å²) in [6, 6.07) is 9.53. The van der Waals surface area contributed by atoms with E-state index in [1.807, 2.05) is 24.3 Å². The number of benzene rings is 1. The van der Waals surface area contributed by atoms with Crippen LogP contribution < -0.4 is 15.2 Å². The molecule has 1 aliphatic heterocycles. The first-order chi connectivity index (χ1) is 12.0. The van der Waals surface area contributed by atoms with Crippen LogP contribution in [0.25, 0.3) is 0 Å². The third kappa shape index (κ3) is 2.61. The van der Waals surface area contributed by atoms with Gasteiger partial charge in [0.05, 0.1) is 25.0 Å². The van der Waals surface area contributed by atoms with Crippen LogP contribution >= 0.6 is 11.3 Å². The van der Waals surface area contributed by atoms with Gasteiger partial charge in [-0.15, -0.1) is 11.3 Å². The number of carbonyl (C=O) groups excluding carboxylic acids is 1. The first-order valence-electron chi connectivity index (χ1n) is 7.45. The Kier molecular flexibility index (Phi) is 4.38. The van der Waals surface area contributed by atoms with Gasteiger partial charge in [0, 0.05) is 10.4 Å². The second kappa shape index (κ2) is 6.49. The molecule has 1 atom stereocenters. The molecule has 1 unspecified atom stereocenters. The molecule has 2 heterocycles. The van der Waals surface area contributed by atoms with E-state index in [-0.39, 0.29) is 11.5 Å². The summed E-state index contributed by atoms with van der Waals surface area (Å²) in [6.45, 7) is 1.81. The fourth-order valence-corrected chi connectivity index (χ4v) is 4.14. The number of esters is 1. The van der Waals surface area contributed by atoms with Crippen molar-refractivity contribution in [1.29, 1.82) is 5.26 Å². The maximum absolute atomic E-state index is 12.1. The molecule has 25 heavy (non-hydrogen) atoms. The zero-order chi connectivity index (χ0) is 18.1. The number of aryl methyl sites for hydroxylation is 1. The van der Waals surface area contributed by atoms with Crippen LogP contribution in [-0.2, 0) is 4.74 Å². The Hall–Kier alpha value is -2.98. The molecule has 0 aliphatic carbocycles. The number of fused-ring (bicyclic) bond motifs is 1. The molecule has 6 nitrogen and oxygen atoms in total. The van der Waals surface area contributed by atoms with Crippen molar-refractivity contribution in [3.63, 3.8) is 0 Å². The van der Waals surface area contributed by atoms with E-state index >= 15 is 0 Å². The van der Waals surface area contributed by atoms with Gasteiger partial charge in [0.15, 0.2) is 5.75 Å². The van der Waals surface area contributed by atoms with Crippen molar-refractivity contribution in [2.45, 2.75) is 12.8 Å². The number of carbonyl (C=O) groups is 1. The summed E-state index contributed by atoms with van der Waals surface area (Å²) in [7, 11) is 2.88. The number of nitriles is 1. The van der Waals surface area contributed by atoms with Crippen LogP contribution in [0.3, 0.4) is 0 Å². The summed E-state index contributed by atoms with van der Waals surface area (Å²) < 4.78 is 15.9. The zero-order valence-corrected chi connectivity index (χ0v) is 14.8. The summed E-state index contributed by atoms with van der Waals surface area (Å²) in [5.41, 5.74) is 7.40. The lowest BCUT2D eigenvalue weighted by molar-refractivity contribution is 0.0597. The van der Waals surface area contributed by atoms with E-state index < -0.39 is 11.9 Å². The van der Waals surface area contributed by atoms with Gasteiger partial charge in [0.25, 0.3) is 0 Å². The molecule has 0 amide bonds. The molecule has 3 rings (SSSR count). The minimum Gasteiger partial charge on any atom is -0.496 e. The topological polar surface area (TPSA) is 94.6 Å². The van der Waals surface area contributed by atoms with Gasteiger partial charge in [-0.1, -0.05) is 18.2 Å². The standard InChI is InChI=1S/C18H16N2O4S/c1-9-13(18(21)23-3)15-16(25-9)14(11(8-19)17(20)24-15)10-6-4-5-7-12(10)22-2/h4-7,14H,20H2,1-3H3. The fourth-order valence-electron chi connectivity index (χ4n) is 2.93. The number of thiophene rings is 1. The summed E-state index contributed by atoms with van der Waals surface area (Å²) >= 11 is 1.38. The molecule has 1 aliphatic rings. The quantitative estimate of drug-likeness (QED) is 0.849. The van der Waals surface area contributed by atoms with Crippen LogP contribution in [0.4, 0.5) is 0 Å². The highest BCUT2D eigenvalue weighted by Gasteiger charge is 2.38. The molecule has 2 N–H and O–H groups in total. The van der Waals surface area contributed by atoms with Gasteiger partial charge in [-0.25, -0.2) is 4.79 Å². The number of hydrogen-bond acceptors (Lipinski definition) is 7. The summed E-state index contributed by atoms with van der Waals surface area (Å²) in [6.07, 6.45) is 0. The Bertz CT molecular complexity index is 924. The van der Waals surface area contributed by atoms with E-state index in [2.05, 4.69) is 6.07 Å². The van der Waals surface area contributed by atoms with E-state index in [0.717, 1.165) is 15.3 Å². The zero-order valence-electron chi connectivity index (χ0n) is 14.0. The van der Waals surface area contributed by atoms with E-state index in [9.17, 15) is 10.1 Å². The Morgan fingerprint density at radius 3 is 2.72 bits per heavy atom. The van der Waals surface area contributed by atoms with Crippen LogP contribution in [0.5, 0.6) is 11.5 Å². The molecule has 1 aromatic carbocycles. The van der Waals surface area contributed by atoms with Crippen LogP contribution in [0, 0.1) is 18.3 Å². The summed E-state index contributed by atoms with van der Waals surface area (Å²) in [4.78, 5) is 13.6. The van der Waals surface area contributed by atoms with Gasteiger partial charge in [-0.05, 0) is 13.0 Å². The number of para-hydroxylation sites is 1. The van der Waals surface area contributed by atoms with Crippen molar-refractivity contribution in [3.05, 3.63) is 56.6 Å². The number of allylic oxidation sites excluding steroid dienone is 1. The van der Waals surface area contributed by atoms with E-state index in [0.29, 0.717) is 17.1 Å². The number of nitrogens with zero attached hydrogens (tertiary/aromatic N) is 1. The molecule has 0 saturated carbocycles. The van der Waals surface area contributed by atoms with Crippen molar-refractivity contribution in [2.24, 2.45) is 5.73 Å². The van der Waals surface area contributed by atoms with Crippen molar-refractivity contribution >= 4 is 17.3 Å². The number of methoxy groups -OCH3 is 2. The van der Waals surface area contributed by atoms with Gasteiger partial charge >= 0.3 is 5.97 Å². The lowest BCUT2D eigenvalue weighted by atomic mass is 9.87. The molecular formula is C18H16N2O4S. The van der Waals surface area contributed by atoms with Gasteiger partial charge < -0.3 is 19.9 Å². The van der Waals surface area contributed by atoms with Gasteiger partial charge in [0.2, 0.25) is 5.88 Å². The lowest BCUT2D eigenvalue weighted by Crippen LogP contribution is -2.21. The van der Waals surface area contributed by atoms with Gasteiger partial charge in [0.1, 0.15) is 23.0 Å². The molecule has 7 heteroatoms. The van der Waals surface area contributed by atoms with Gasteiger partial charge in [-0.3, -0.25) is 0 Å². The Morgan fingerprint density at radius 2 is 2.08 bits per heavy atom. The van der Waals surface area contributed by atoms with Crippen molar-refractivity contribution in [3.8, 4) is 17.6 Å². The molecule has 0 bridgehead atoms. The van der Waals surface area contributed by atoms with Crippen LogP contribution in [0.2, 0.25) is 0 Å². The van der Waals surface area contributed by atoms with Crippen molar-refractivity contribution < 1.29 is 19.0 Å². The second-order valence-corrected chi connectivity index (χ2v) is 6.64. The Labute approximate surface area is 149 Å². The summed E-state index contributed by atoms with van der Waals surface area (Å²) in [5.74, 6) is -0.00354. The molecule has 0 saturated heterocycles. The molecule has 1 aromatic heterocycles. The molecule has 0 fully saturated rings. The predicted molar refractivity (Wildman–Crippen MR) is 92.7 cm³/mol. The minimum atomic E-state index is -0.498. The molecule has 128 valence electrons. The SMILES string of the molecule is COC(=O)c1c(C)sc2c1OC(N)=C(C#N)C2c1ccccc1OC. The average Bonchev–Trinajstić information content (AvgIpc) is 2.95. The van der Waals surface area contributed by atoms with Crippen molar-refractivity contribution in [2.75, 3.05) is 14.2 Å². The van der Waals surface area contributed by atoms with E-state index in [4.69, 9.17) is 19.9 Å². The van der Waals surface area contributed by atoms with Crippen molar-refractivity contribution in [1.82, 2.24) is 0 Å². The third-order valence-electron chi connectivity index (χ3n) is 4.05. The molecular weight excluding hydrogens is 340 g/mol. The average molecular weight is 356 g/mol. The maximum atomic E-state index is 12.1. The largest absolute Gasteiger partial charge is 0.496 e. The maximum Gasteiger partial charge on any atom is 0.342 e. The normalized spacial score (nSPS) is 15.8. The highest BCUT2D eigenvalue weighted by atomic mass is 32.1. The minimum absolute atomic E-state index is 0.0196. The highest BCUT2D eigenvalue weighted by molar-refractivity contribution is 7.12. The molecule has 0 radical (unpaired) electrons. The van der Waals surface area contributed by atoms with Crippen LogP contribution in [0.1, 0.15) is 31.6 Å². The number of rotatable bonds is 3. The smallest absolute Gasteiger partial charge is 0.342 e. The van der Waals surface area contributed by atoms with Crippen LogP contribution in [0.15, 0.2) is 35.7 Å². The van der Waals surface area contributed by atoms with Gasteiger partial charge in [-0.2, -0.15) is 5.26 Å². The molecule has 0 spiro atoms. The van der Waals surface area contributed by atoms with E-state index in [1.54, 1.807) is 14.0 Å². The number of hydrogen-bond donors (Lipinski definition) is 1. The Morgan fingerprint density at radius 1 is 1.36 bits per heavy atom. The monoisotopic (exact) mass is 356 g/mol. The predicted octanol–water partition coefficient (Wildman–Crippen LogP) is 3.07. The first kappa shape index (κ1) is 16.9. The first-order valence-corrected chi connectivity index (χ1v) is 8.27.